The summed E-state index contributed by atoms with van der Waals surface area (Å²) in [6.07, 6.45) is -1.68. The summed E-state index contributed by atoms with van der Waals surface area (Å²) >= 11 is 6.95. The highest BCUT2D eigenvalue weighted by Gasteiger charge is 2.54. The Labute approximate surface area is 456 Å². The highest BCUT2D eigenvalue weighted by atomic mass is 32.1. The molecule has 4 aliphatic rings. The summed E-state index contributed by atoms with van der Waals surface area (Å²) in [6, 6.07) is 10.1. The average molecular weight is 1120 g/mol. The Balaban J connectivity index is 0.790. The number of unbranched alkanes of at least 4 members (excludes halogenated alkanes) is 1. The second-order valence-electron chi connectivity index (χ2n) is 22.1. The van der Waals surface area contributed by atoms with Gasteiger partial charge in [-0.2, -0.15) is 23.1 Å². The molecule has 5 N–H and O–H groups in total. The van der Waals surface area contributed by atoms with E-state index in [2.05, 4.69) is 40.9 Å². The van der Waals surface area contributed by atoms with E-state index in [-0.39, 0.29) is 89.3 Å². The second kappa shape index (κ2) is 22.1. The van der Waals surface area contributed by atoms with Crippen LogP contribution in [0.5, 0.6) is 6.01 Å². The molecule has 8 heterocycles. The SMILES string of the molecule is Cc1ncsc1-c1ccc([C@H](C)NC(=O)[C@@H]2C[C@@H](O)CN2C(=O)[C@@H](NC(=O)CCCCN2C[C@@H](C(F)(F)F)[C@H]2COc2nc(N3CC4CCC(C3)N4)c3cnc(-c4[nH]c(=S)cc5cccc(F)c45)c(F)c3n2)C(C)(C)C)cc1. The van der Waals surface area contributed by atoms with Crippen LogP contribution < -0.4 is 25.6 Å². The van der Waals surface area contributed by atoms with Crippen molar-refractivity contribution < 1.29 is 46.2 Å². The van der Waals surface area contributed by atoms with E-state index in [9.17, 15) is 32.7 Å². The Kier molecular flexibility index (Phi) is 15.6. The molecule has 0 radical (unpaired) electrons. The third-order valence-corrected chi connectivity index (χ3v) is 16.8. The summed E-state index contributed by atoms with van der Waals surface area (Å²) in [4.78, 5) is 68.4. The predicted molar refractivity (Wildman–Crippen MR) is 288 cm³/mol. The van der Waals surface area contributed by atoms with Gasteiger partial charge in [0.15, 0.2) is 5.82 Å². The maximum atomic E-state index is 17.0. The molecule has 2 aromatic carbocycles. The molecule has 3 amide bonds. The largest absolute Gasteiger partial charge is 0.462 e. The number of aromatic nitrogens is 5. The minimum absolute atomic E-state index is 0.000647. The van der Waals surface area contributed by atoms with Gasteiger partial charge < -0.3 is 40.6 Å². The molecule has 4 aromatic heterocycles. The first-order valence-electron chi connectivity index (χ1n) is 26.3. The van der Waals surface area contributed by atoms with Crippen molar-refractivity contribution in [1.82, 2.24) is 50.7 Å². The summed E-state index contributed by atoms with van der Waals surface area (Å²) in [5.41, 5.74) is 3.30. The van der Waals surface area contributed by atoms with E-state index < -0.39 is 83.7 Å². The monoisotopic (exact) mass is 1120 g/mol. The molecule has 23 heteroatoms. The fourth-order valence-corrected chi connectivity index (χ4v) is 12.4. The number of amides is 3. The van der Waals surface area contributed by atoms with Crippen LogP contribution in [0, 0.1) is 34.5 Å². The van der Waals surface area contributed by atoms with Gasteiger partial charge in [-0.1, -0.05) is 69.4 Å². The van der Waals surface area contributed by atoms with Crippen LogP contribution in [-0.2, 0) is 14.4 Å². The number of alkyl halides is 3. The van der Waals surface area contributed by atoms with Crippen LogP contribution in [0.15, 0.2) is 60.2 Å². The number of aliphatic hydroxyl groups excluding tert-OH is 1. The van der Waals surface area contributed by atoms with E-state index in [1.165, 1.54) is 23.2 Å². The summed E-state index contributed by atoms with van der Waals surface area (Å²) in [6.45, 7) is 9.49. The molecule has 8 atom stereocenters. The van der Waals surface area contributed by atoms with Crippen molar-refractivity contribution in [3.63, 3.8) is 0 Å². The molecule has 4 fully saturated rings. The van der Waals surface area contributed by atoms with Crippen molar-refractivity contribution in [1.29, 1.82) is 0 Å². The quantitative estimate of drug-likeness (QED) is 0.0353. The molecule has 414 valence electrons. The lowest BCUT2D eigenvalue weighted by molar-refractivity contribution is -0.234. The topological polar surface area (TPSA) is 194 Å². The molecule has 6 aromatic rings. The van der Waals surface area contributed by atoms with E-state index in [1.54, 1.807) is 54.7 Å². The minimum atomic E-state index is -4.56. The molecule has 78 heavy (non-hydrogen) atoms. The average Bonchev–Trinajstić information content (AvgIpc) is 4.18. The number of fused-ring (bicyclic) bond motifs is 4. The van der Waals surface area contributed by atoms with Gasteiger partial charge in [-0.15, -0.1) is 11.3 Å². The van der Waals surface area contributed by atoms with Crippen LogP contribution in [0.1, 0.15) is 83.5 Å². The highest BCUT2D eigenvalue weighted by molar-refractivity contribution is 7.71. The molecule has 10 rings (SSSR count). The number of aliphatic hydroxyl groups is 1. The lowest BCUT2D eigenvalue weighted by atomic mass is 9.85. The number of piperazine rings is 1. The third-order valence-electron chi connectivity index (χ3n) is 15.6. The zero-order chi connectivity index (χ0) is 55.4. The van der Waals surface area contributed by atoms with Crippen LogP contribution in [0.3, 0.4) is 0 Å². The molecule has 2 unspecified atom stereocenters. The van der Waals surface area contributed by atoms with Gasteiger partial charge >= 0.3 is 12.2 Å². The number of hydrogen-bond donors (Lipinski definition) is 5. The molecule has 16 nitrogen and oxygen atoms in total. The van der Waals surface area contributed by atoms with Gasteiger partial charge in [0.25, 0.3) is 0 Å². The normalized spacial score (nSPS) is 22.4. The molecule has 0 spiro atoms. The van der Waals surface area contributed by atoms with Crippen molar-refractivity contribution >= 4 is 68.8 Å². The number of likely N-dealkylation sites (tertiary alicyclic amines) is 2. The van der Waals surface area contributed by atoms with Crippen LogP contribution in [0.2, 0.25) is 0 Å². The fraction of sp³-hybridized carbons (Fsp3) is 0.491. The first kappa shape index (κ1) is 55.1. The number of anilines is 1. The fourth-order valence-electron chi connectivity index (χ4n) is 11.4. The summed E-state index contributed by atoms with van der Waals surface area (Å²) in [5.74, 6) is -4.39. The first-order chi connectivity index (χ1) is 37.1. The lowest BCUT2D eigenvalue weighted by Gasteiger charge is -2.48. The van der Waals surface area contributed by atoms with Crippen LogP contribution in [-0.4, -0.2) is 139 Å². The number of aryl methyl sites for hydroxylation is 1. The number of nitrogens with zero attached hydrogens (tertiary/aromatic N) is 7. The van der Waals surface area contributed by atoms with Crippen LogP contribution >= 0.6 is 23.6 Å². The van der Waals surface area contributed by atoms with Gasteiger partial charge in [0, 0.05) is 62.7 Å². The van der Waals surface area contributed by atoms with Gasteiger partial charge in [-0.05, 0) is 80.1 Å². The van der Waals surface area contributed by atoms with Crippen LogP contribution in [0.4, 0.5) is 27.8 Å². The number of H-pyrrole nitrogens is 1. The Hall–Kier alpha value is -6.27. The summed E-state index contributed by atoms with van der Waals surface area (Å²) in [5, 5.41) is 20.9. The number of aromatic amines is 1. The van der Waals surface area contributed by atoms with E-state index in [0.29, 0.717) is 30.7 Å². The maximum Gasteiger partial charge on any atom is 0.394 e. The molecule has 0 aliphatic carbocycles. The number of carbonyl (C=O) groups excluding carboxylic acids is 3. The lowest BCUT2D eigenvalue weighted by Crippen LogP contribution is -2.63. The number of benzene rings is 2. The van der Waals surface area contributed by atoms with Crippen molar-refractivity contribution in [3.05, 3.63) is 87.8 Å². The number of thiazole rings is 1. The summed E-state index contributed by atoms with van der Waals surface area (Å²) < 4.78 is 82.1. The zero-order valence-electron chi connectivity index (χ0n) is 43.8. The van der Waals surface area contributed by atoms with Gasteiger partial charge in [-0.3, -0.25) is 24.3 Å². The number of ether oxygens (including phenoxy) is 1. The van der Waals surface area contributed by atoms with E-state index in [4.69, 9.17) is 17.0 Å². The van der Waals surface area contributed by atoms with E-state index in [0.717, 1.165) is 34.5 Å². The molecule has 4 saturated heterocycles. The van der Waals surface area contributed by atoms with Crippen molar-refractivity contribution in [2.75, 3.05) is 44.2 Å². The number of pyridine rings is 2. The molecular formula is C55H62F5N11O5S2. The van der Waals surface area contributed by atoms with Crippen molar-refractivity contribution in [2.24, 2.45) is 11.3 Å². The Morgan fingerprint density at radius 2 is 1.72 bits per heavy atom. The van der Waals surface area contributed by atoms with Crippen LogP contribution in [0.25, 0.3) is 43.5 Å². The Bertz CT molecular complexity index is 3290. The molecule has 0 saturated carbocycles. The Morgan fingerprint density at radius 1 is 0.974 bits per heavy atom. The van der Waals surface area contributed by atoms with Gasteiger partial charge in [0.2, 0.25) is 17.7 Å². The number of β-amino-alcohol motifs (C(OH)–C–C–N with tert-alkyl or cyclic N) is 1. The molecule has 2 bridgehead atoms. The smallest absolute Gasteiger partial charge is 0.394 e. The van der Waals surface area contributed by atoms with Gasteiger partial charge in [0.1, 0.15) is 46.2 Å². The molecule has 4 aliphatic heterocycles. The number of nitrogens with one attached hydrogen (secondary N) is 4. The van der Waals surface area contributed by atoms with Crippen molar-refractivity contribution in [2.45, 2.75) is 122 Å². The zero-order valence-corrected chi connectivity index (χ0v) is 45.4. The van der Waals surface area contributed by atoms with Crippen molar-refractivity contribution in [3.8, 4) is 27.8 Å². The number of carbonyl (C=O) groups is 3. The summed E-state index contributed by atoms with van der Waals surface area (Å²) in [7, 11) is 0. The predicted octanol–water partition coefficient (Wildman–Crippen LogP) is 8.34. The number of rotatable bonds is 16. The molecular weight excluding hydrogens is 1050 g/mol. The Morgan fingerprint density at radius 3 is 2.41 bits per heavy atom. The number of halogens is 5. The van der Waals surface area contributed by atoms with Gasteiger partial charge in [0.05, 0.1) is 51.3 Å². The van der Waals surface area contributed by atoms with Gasteiger partial charge in [-0.25, -0.2) is 13.8 Å². The number of hydrogen-bond acceptors (Lipinski definition) is 14. The standard InChI is InChI=1S/C55H62F5N11O5S2/c1-28(30-12-14-31(15-13-30)48-29(2)62-27-78-48)63-51(74)39-20-35(72)24-71(39)52(75)49(54(3,4)5)65-41(73)11-6-7-18-69-25-37(55(58,59)60)40(69)26-76-53-67-45-36(50(68-53)70-22-33-16-17-34(23-70)64-33)21-61-47(44(45)57)46-43-32(19-42(77)66-46)9-8-10-38(43)56/h8-10,12-15,19,21,27-28,33-35,37,39-40,49,64,72H,6-7,11,16-18,20,22-26H2,1-5H3,(H,63,74)(H,65,73)(H,66,77)/t28-,33?,34?,35+,37+,39-,40+,49+/m0/s1. The van der Waals surface area contributed by atoms with E-state index >= 15 is 8.78 Å². The van der Waals surface area contributed by atoms with E-state index in [1.807, 2.05) is 43.0 Å². The third kappa shape index (κ3) is 11.4. The maximum absolute atomic E-state index is 17.0. The minimum Gasteiger partial charge on any atom is -0.462 e. The second-order valence-corrected chi connectivity index (χ2v) is 23.4. The first-order valence-corrected chi connectivity index (χ1v) is 27.6. The highest BCUT2D eigenvalue weighted by Crippen LogP contribution is 2.41.